The van der Waals surface area contributed by atoms with E-state index in [0.717, 1.165) is 18.1 Å². The Balaban J connectivity index is 3.91. The van der Waals surface area contributed by atoms with Crippen LogP contribution >= 0.6 is 27.4 Å². The third-order valence-electron chi connectivity index (χ3n) is 0.950. The van der Waals surface area contributed by atoms with Crippen LogP contribution in [0.3, 0.4) is 0 Å². The van der Waals surface area contributed by atoms with Gasteiger partial charge >= 0.3 is 0 Å². The molecule has 0 fully saturated rings. The van der Waals surface area contributed by atoms with Crippen LogP contribution in [0.2, 0.25) is 0 Å². The molecule has 0 rings (SSSR count). The second-order valence-corrected chi connectivity index (χ2v) is 13.4. The highest BCUT2D eigenvalue weighted by Gasteiger charge is 2.13. The van der Waals surface area contributed by atoms with Gasteiger partial charge in [-0.25, -0.2) is 0 Å². The fourth-order valence-corrected chi connectivity index (χ4v) is 10.4. The third kappa shape index (κ3) is 5.53. The minimum Gasteiger partial charge on any atom is -0.273 e. The first-order valence-electron chi connectivity index (χ1n) is 3.82. The molecule has 0 spiro atoms. The van der Waals surface area contributed by atoms with Crippen LogP contribution in [0, 0.1) is 0 Å². The van der Waals surface area contributed by atoms with Crippen molar-refractivity contribution in [3.63, 3.8) is 0 Å². The van der Waals surface area contributed by atoms with Gasteiger partial charge in [0, 0.05) is 0 Å². The molecule has 0 aromatic heterocycles. The van der Waals surface area contributed by atoms with E-state index in [1.165, 1.54) is 0 Å². The van der Waals surface area contributed by atoms with Crippen molar-refractivity contribution >= 4 is 39.2 Å². The van der Waals surface area contributed by atoms with Crippen LogP contribution in [0.4, 0.5) is 0 Å². The summed E-state index contributed by atoms with van der Waals surface area (Å²) in [4.78, 5) is 0. The van der Waals surface area contributed by atoms with E-state index < -0.39 is 4.59 Å². The van der Waals surface area contributed by atoms with Crippen molar-refractivity contribution in [2.24, 2.45) is 0 Å². The molecule has 11 heavy (non-hydrogen) atoms. The van der Waals surface area contributed by atoms with Gasteiger partial charge in [-0.1, -0.05) is 55.3 Å². The molecule has 0 saturated heterocycles. The number of hydrogen-bond acceptors (Lipinski definition) is 3. The van der Waals surface area contributed by atoms with Crippen molar-refractivity contribution in [3.05, 3.63) is 0 Å². The van der Waals surface area contributed by atoms with Gasteiger partial charge < -0.3 is 0 Å². The smallest absolute Gasteiger partial charge is 0.117 e. The largest absolute Gasteiger partial charge is 0.273 e. The van der Waals surface area contributed by atoms with Crippen LogP contribution in [-0.4, -0.2) is 18.1 Å². The maximum Gasteiger partial charge on any atom is 0.117 e. The highest BCUT2D eigenvalue weighted by molar-refractivity contribution is 9.00. The predicted molar refractivity (Wildman–Crippen MR) is 64.2 cm³/mol. The molecule has 68 valence electrons. The summed E-state index contributed by atoms with van der Waals surface area (Å²) in [5, 5.41) is 3.41. The van der Waals surface area contributed by atoms with E-state index in [-0.39, 0.29) is 0 Å². The lowest BCUT2D eigenvalue weighted by Gasteiger charge is -2.19. The first kappa shape index (κ1) is 12.3. The van der Waals surface area contributed by atoms with Gasteiger partial charge in [-0.3, -0.25) is 5.09 Å². The standard InChI is InChI=1S/C6H16NPS3/c1-4-7-8(9,10-5-2)11-6-3/h4-6H2,1-3H3,(H,7,9). The van der Waals surface area contributed by atoms with Gasteiger partial charge in [-0.2, -0.15) is 0 Å². The summed E-state index contributed by atoms with van der Waals surface area (Å²) in [5.41, 5.74) is 0. The van der Waals surface area contributed by atoms with Gasteiger partial charge in [-0.15, -0.1) is 0 Å². The van der Waals surface area contributed by atoms with Crippen LogP contribution in [0.25, 0.3) is 0 Å². The summed E-state index contributed by atoms with van der Waals surface area (Å²) in [6.07, 6.45) is 0. The SMILES string of the molecule is CCNP(=S)(SCC)SCC. The highest BCUT2D eigenvalue weighted by Crippen LogP contribution is 2.65. The highest BCUT2D eigenvalue weighted by atomic mass is 33.2. The van der Waals surface area contributed by atoms with Crippen molar-refractivity contribution in [2.75, 3.05) is 18.1 Å². The van der Waals surface area contributed by atoms with E-state index in [1.807, 2.05) is 22.8 Å². The molecule has 0 aromatic rings. The number of hydrogen-bond donors (Lipinski definition) is 1. The van der Waals surface area contributed by atoms with E-state index in [4.69, 9.17) is 11.8 Å². The second-order valence-electron chi connectivity index (χ2n) is 1.84. The summed E-state index contributed by atoms with van der Waals surface area (Å²) in [7, 11) is 0. The molecule has 0 aliphatic rings. The van der Waals surface area contributed by atoms with E-state index >= 15 is 0 Å². The van der Waals surface area contributed by atoms with Crippen LogP contribution in [-0.2, 0) is 11.8 Å². The van der Waals surface area contributed by atoms with Crippen LogP contribution in [0.15, 0.2) is 0 Å². The summed E-state index contributed by atoms with van der Waals surface area (Å²) in [5.74, 6) is 2.24. The Kier molecular flexibility index (Phi) is 7.59. The molecule has 5 heteroatoms. The quantitative estimate of drug-likeness (QED) is 0.701. The zero-order valence-electron chi connectivity index (χ0n) is 7.29. The lowest BCUT2D eigenvalue weighted by molar-refractivity contribution is 1.03. The fraction of sp³-hybridized carbons (Fsp3) is 1.00. The molecule has 1 nitrogen and oxygen atoms in total. The zero-order valence-corrected chi connectivity index (χ0v) is 10.6. The van der Waals surface area contributed by atoms with Gasteiger partial charge in [-0.05, 0) is 18.1 Å². The Hall–Kier alpha value is 1.31. The molecule has 0 aromatic carbocycles. The molecular weight excluding hydrogens is 213 g/mol. The molecule has 0 aliphatic carbocycles. The number of rotatable bonds is 6. The lowest BCUT2D eigenvalue weighted by Crippen LogP contribution is -2.04. The van der Waals surface area contributed by atoms with Crippen LogP contribution < -0.4 is 5.09 Å². The topological polar surface area (TPSA) is 12.0 Å². The van der Waals surface area contributed by atoms with E-state index in [1.54, 1.807) is 0 Å². The summed E-state index contributed by atoms with van der Waals surface area (Å²) >= 11 is 9.34. The van der Waals surface area contributed by atoms with E-state index in [9.17, 15) is 0 Å². The van der Waals surface area contributed by atoms with Crippen molar-refractivity contribution < 1.29 is 0 Å². The Morgan fingerprint density at radius 1 is 1.18 bits per heavy atom. The van der Waals surface area contributed by atoms with Gasteiger partial charge in [0.1, 0.15) is 4.59 Å². The van der Waals surface area contributed by atoms with Gasteiger partial charge in [0.25, 0.3) is 0 Å². The minimum absolute atomic E-state index is 0.997. The van der Waals surface area contributed by atoms with Gasteiger partial charge in [0.15, 0.2) is 0 Å². The fourth-order valence-electron chi connectivity index (χ4n) is 0.662. The molecule has 0 atom stereocenters. The lowest BCUT2D eigenvalue weighted by atomic mass is 10.8. The Bertz CT molecular complexity index is 116. The summed E-state index contributed by atoms with van der Waals surface area (Å²) in [6, 6.07) is 0. The molecule has 0 bridgehead atoms. The summed E-state index contributed by atoms with van der Waals surface area (Å²) in [6.45, 7) is 7.45. The Labute approximate surface area is 83.0 Å². The maximum absolute atomic E-state index is 5.53. The first-order valence-corrected chi connectivity index (χ1v) is 9.81. The van der Waals surface area contributed by atoms with Crippen molar-refractivity contribution in [1.82, 2.24) is 5.09 Å². The molecule has 0 radical (unpaired) electrons. The Morgan fingerprint density at radius 2 is 1.64 bits per heavy atom. The normalized spacial score (nSPS) is 11.9. The van der Waals surface area contributed by atoms with Crippen molar-refractivity contribution in [3.8, 4) is 0 Å². The average Bonchev–Trinajstić information content (AvgIpc) is 1.88. The minimum atomic E-state index is -1.30. The Morgan fingerprint density at radius 3 is 1.91 bits per heavy atom. The zero-order chi connectivity index (χ0) is 8.74. The average molecular weight is 229 g/mol. The molecular formula is C6H16NPS3. The van der Waals surface area contributed by atoms with E-state index in [0.29, 0.717) is 0 Å². The van der Waals surface area contributed by atoms with Crippen molar-refractivity contribution in [1.29, 1.82) is 0 Å². The molecule has 0 aliphatic heterocycles. The maximum atomic E-state index is 5.53. The van der Waals surface area contributed by atoms with Gasteiger partial charge in [0.05, 0.1) is 0 Å². The molecule has 0 unspecified atom stereocenters. The van der Waals surface area contributed by atoms with Crippen molar-refractivity contribution in [2.45, 2.75) is 20.8 Å². The molecule has 0 saturated carbocycles. The first-order chi connectivity index (χ1) is 5.18. The predicted octanol–water partition coefficient (Wildman–Crippen LogP) is 3.33. The number of nitrogens with one attached hydrogen (secondary N) is 1. The monoisotopic (exact) mass is 229 g/mol. The van der Waals surface area contributed by atoms with Crippen LogP contribution in [0.1, 0.15) is 20.8 Å². The molecule has 0 heterocycles. The second kappa shape index (κ2) is 6.79. The van der Waals surface area contributed by atoms with E-state index in [2.05, 4.69) is 25.9 Å². The summed E-state index contributed by atoms with van der Waals surface area (Å²) < 4.78 is -1.30. The van der Waals surface area contributed by atoms with Gasteiger partial charge in [0.2, 0.25) is 0 Å². The van der Waals surface area contributed by atoms with Crippen LogP contribution in [0.5, 0.6) is 0 Å². The third-order valence-corrected chi connectivity index (χ3v) is 11.4. The molecule has 1 N–H and O–H groups in total. The molecule has 0 amide bonds.